The molecule has 0 bridgehead atoms. The molecule has 4 heterocycles. The van der Waals surface area contributed by atoms with Crippen molar-refractivity contribution in [3.63, 3.8) is 0 Å². The molecule has 0 unspecified atom stereocenters. The third kappa shape index (κ3) is 2.91. The lowest BCUT2D eigenvalue weighted by Crippen LogP contribution is -2.45. The highest BCUT2D eigenvalue weighted by Gasteiger charge is 2.37. The predicted molar refractivity (Wildman–Crippen MR) is 90.5 cm³/mol. The van der Waals surface area contributed by atoms with E-state index in [4.69, 9.17) is 4.74 Å². The smallest absolute Gasteiger partial charge is 0.227 e. The number of hydrogen-bond acceptors (Lipinski definition) is 4. The van der Waals surface area contributed by atoms with Crippen molar-refractivity contribution in [3.05, 3.63) is 36.3 Å². The van der Waals surface area contributed by atoms with Crippen molar-refractivity contribution in [2.45, 2.75) is 13.5 Å². The summed E-state index contributed by atoms with van der Waals surface area (Å²) < 4.78 is 7.48. The molecule has 128 valence electrons. The standard InChI is InChI=1S/C18H24N4O2/c1-14-11-20(12-15-10-19-17-4-2-3-5-22(15)17)13-16(14)18(23)21-6-8-24-9-7-21/h2-5,10,14,16H,6-9,11-13H2,1H3/t14-,16-/m1/s1. The molecular formula is C18H24N4O2. The first-order valence-corrected chi connectivity index (χ1v) is 8.72. The summed E-state index contributed by atoms with van der Waals surface area (Å²) in [6.07, 6.45) is 3.99. The van der Waals surface area contributed by atoms with E-state index in [1.165, 1.54) is 5.69 Å². The number of morpholine rings is 1. The normalized spacial score (nSPS) is 25.5. The highest BCUT2D eigenvalue weighted by atomic mass is 16.5. The van der Waals surface area contributed by atoms with E-state index in [1.807, 2.05) is 35.5 Å². The van der Waals surface area contributed by atoms with Crippen LogP contribution in [-0.2, 0) is 16.1 Å². The van der Waals surface area contributed by atoms with Crippen LogP contribution in [-0.4, -0.2) is 64.5 Å². The van der Waals surface area contributed by atoms with Gasteiger partial charge in [0.05, 0.1) is 31.0 Å². The fourth-order valence-corrected chi connectivity index (χ4v) is 3.87. The molecule has 2 aliphatic heterocycles. The number of carbonyl (C=O) groups is 1. The molecule has 0 N–H and O–H groups in total. The van der Waals surface area contributed by atoms with E-state index in [1.54, 1.807) is 0 Å². The van der Waals surface area contributed by atoms with Gasteiger partial charge in [0.2, 0.25) is 5.91 Å². The molecule has 2 aromatic heterocycles. The first-order chi connectivity index (χ1) is 11.7. The second kappa shape index (κ2) is 6.53. The molecule has 6 nitrogen and oxygen atoms in total. The minimum absolute atomic E-state index is 0.0993. The molecule has 0 saturated carbocycles. The number of likely N-dealkylation sites (tertiary alicyclic amines) is 1. The molecule has 0 radical (unpaired) electrons. The van der Waals surface area contributed by atoms with Crippen molar-refractivity contribution < 1.29 is 9.53 Å². The number of imidazole rings is 1. The Morgan fingerprint density at radius 3 is 2.96 bits per heavy atom. The molecule has 2 aliphatic rings. The van der Waals surface area contributed by atoms with E-state index < -0.39 is 0 Å². The molecule has 2 atom stereocenters. The molecular weight excluding hydrogens is 304 g/mol. The Morgan fingerprint density at radius 1 is 1.29 bits per heavy atom. The first kappa shape index (κ1) is 15.6. The SMILES string of the molecule is C[C@@H]1CN(Cc2cnc3ccccn23)C[C@H]1C(=O)N1CCOCC1. The summed E-state index contributed by atoms with van der Waals surface area (Å²) in [5.41, 5.74) is 2.15. The van der Waals surface area contributed by atoms with E-state index in [0.717, 1.165) is 38.4 Å². The molecule has 6 heteroatoms. The average molecular weight is 328 g/mol. The Kier molecular flexibility index (Phi) is 4.24. The number of hydrogen-bond donors (Lipinski definition) is 0. The van der Waals surface area contributed by atoms with Gasteiger partial charge in [-0.3, -0.25) is 9.69 Å². The molecule has 24 heavy (non-hydrogen) atoms. The van der Waals surface area contributed by atoms with E-state index in [9.17, 15) is 4.79 Å². The third-order valence-corrected chi connectivity index (χ3v) is 5.21. The molecule has 0 spiro atoms. The van der Waals surface area contributed by atoms with Crippen LogP contribution >= 0.6 is 0 Å². The molecule has 0 aliphatic carbocycles. The Bertz CT molecular complexity index is 723. The highest BCUT2D eigenvalue weighted by Crippen LogP contribution is 2.26. The predicted octanol–water partition coefficient (Wildman–Crippen LogP) is 1.26. The van der Waals surface area contributed by atoms with Crippen molar-refractivity contribution in [2.24, 2.45) is 11.8 Å². The lowest BCUT2D eigenvalue weighted by molar-refractivity contribution is -0.140. The van der Waals surface area contributed by atoms with Crippen molar-refractivity contribution in [1.82, 2.24) is 19.2 Å². The second-order valence-electron chi connectivity index (χ2n) is 6.89. The van der Waals surface area contributed by atoms with Crippen molar-refractivity contribution in [2.75, 3.05) is 39.4 Å². The van der Waals surface area contributed by atoms with Crippen LogP contribution in [0.25, 0.3) is 5.65 Å². The van der Waals surface area contributed by atoms with Gasteiger partial charge in [-0.05, 0) is 18.1 Å². The third-order valence-electron chi connectivity index (χ3n) is 5.21. The number of amides is 1. The van der Waals surface area contributed by atoms with Crippen molar-refractivity contribution >= 4 is 11.6 Å². The van der Waals surface area contributed by atoms with Crippen LogP contribution in [0, 0.1) is 11.8 Å². The zero-order valence-electron chi connectivity index (χ0n) is 14.1. The van der Waals surface area contributed by atoms with Crippen molar-refractivity contribution in [3.8, 4) is 0 Å². The van der Waals surface area contributed by atoms with E-state index >= 15 is 0 Å². The second-order valence-corrected chi connectivity index (χ2v) is 6.89. The maximum atomic E-state index is 12.8. The Hall–Kier alpha value is -1.92. The van der Waals surface area contributed by atoms with Crippen LogP contribution in [0.1, 0.15) is 12.6 Å². The molecule has 2 aromatic rings. The topological polar surface area (TPSA) is 50.1 Å². The van der Waals surface area contributed by atoms with Gasteiger partial charge in [0.1, 0.15) is 5.65 Å². The van der Waals surface area contributed by atoms with Crippen LogP contribution in [0.3, 0.4) is 0 Å². The minimum atomic E-state index is 0.0993. The van der Waals surface area contributed by atoms with Gasteiger partial charge in [-0.15, -0.1) is 0 Å². The number of rotatable bonds is 3. The Morgan fingerprint density at radius 2 is 2.12 bits per heavy atom. The fourth-order valence-electron chi connectivity index (χ4n) is 3.87. The first-order valence-electron chi connectivity index (χ1n) is 8.72. The summed E-state index contributed by atoms with van der Waals surface area (Å²) in [4.78, 5) is 21.6. The average Bonchev–Trinajstić information content (AvgIpc) is 3.19. The Labute approximate surface area is 142 Å². The fraction of sp³-hybridized carbons (Fsp3) is 0.556. The van der Waals surface area contributed by atoms with E-state index in [-0.39, 0.29) is 5.92 Å². The zero-order valence-corrected chi connectivity index (χ0v) is 14.1. The van der Waals surface area contributed by atoms with Gasteiger partial charge in [-0.1, -0.05) is 13.0 Å². The number of aromatic nitrogens is 2. The lowest BCUT2D eigenvalue weighted by atomic mass is 9.96. The summed E-state index contributed by atoms with van der Waals surface area (Å²) in [7, 11) is 0. The summed E-state index contributed by atoms with van der Waals surface area (Å²) >= 11 is 0. The number of carbonyl (C=O) groups excluding carboxylic acids is 1. The monoisotopic (exact) mass is 328 g/mol. The number of ether oxygens (including phenoxy) is 1. The molecule has 2 saturated heterocycles. The maximum Gasteiger partial charge on any atom is 0.227 e. The molecule has 4 rings (SSSR count). The van der Waals surface area contributed by atoms with E-state index in [0.29, 0.717) is 25.0 Å². The largest absolute Gasteiger partial charge is 0.378 e. The number of nitrogens with zero attached hydrogens (tertiary/aromatic N) is 4. The molecule has 0 aromatic carbocycles. The summed E-state index contributed by atoms with van der Waals surface area (Å²) in [6, 6.07) is 6.04. The maximum absolute atomic E-state index is 12.8. The summed E-state index contributed by atoms with van der Waals surface area (Å²) in [5.74, 6) is 0.785. The van der Waals surface area contributed by atoms with Gasteiger partial charge in [-0.2, -0.15) is 0 Å². The van der Waals surface area contributed by atoms with Gasteiger partial charge < -0.3 is 14.0 Å². The van der Waals surface area contributed by atoms with Gasteiger partial charge >= 0.3 is 0 Å². The van der Waals surface area contributed by atoms with E-state index in [2.05, 4.69) is 21.2 Å². The van der Waals surface area contributed by atoms with Gasteiger partial charge in [-0.25, -0.2) is 4.98 Å². The van der Waals surface area contributed by atoms with Crippen LogP contribution < -0.4 is 0 Å². The lowest BCUT2D eigenvalue weighted by Gasteiger charge is -2.30. The Balaban J connectivity index is 1.44. The summed E-state index contributed by atoms with van der Waals surface area (Å²) in [5, 5.41) is 0. The van der Waals surface area contributed by atoms with Crippen molar-refractivity contribution in [1.29, 1.82) is 0 Å². The van der Waals surface area contributed by atoms with Gasteiger partial charge in [0.15, 0.2) is 0 Å². The van der Waals surface area contributed by atoms with Crippen LogP contribution in [0.2, 0.25) is 0 Å². The minimum Gasteiger partial charge on any atom is -0.378 e. The number of pyridine rings is 1. The van der Waals surface area contributed by atoms with Crippen LogP contribution in [0.5, 0.6) is 0 Å². The highest BCUT2D eigenvalue weighted by molar-refractivity contribution is 5.79. The summed E-state index contributed by atoms with van der Waals surface area (Å²) in [6.45, 7) is 7.61. The molecule has 2 fully saturated rings. The quantitative estimate of drug-likeness (QED) is 0.851. The van der Waals surface area contributed by atoms with Gasteiger partial charge in [0.25, 0.3) is 0 Å². The number of fused-ring (bicyclic) bond motifs is 1. The van der Waals surface area contributed by atoms with Gasteiger partial charge in [0, 0.05) is 38.9 Å². The zero-order chi connectivity index (χ0) is 16.5. The van der Waals surface area contributed by atoms with Crippen LogP contribution in [0.4, 0.5) is 0 Å². The van der Waals surface area contributed by atoms with Crippen LogP contribution in [0.15, 0.2) is 30.6 Å². The molecule has 1 amide bonds.